The summed E-state index contributed by atoms with van der Waals surface area (Å²) in [5.41, 5.74) is 8.78. The summed E-state index contributed by atoms with van der Waals surface area (Å²) in [4.78, 5) is 12.0. The summed E-state index contributed by atoms with van der Waals surface area (Å²) < 4.78 is 2.08. The molecule has 106 valence electrons. The second-order valence-electron chi connectivity index (χ2n) is 5.72. The maximum absolute atomic E-state index is 12.0. The van der Waals surface area contributed by atoms with Gasteiger partial charge in [-0.15, -0.1) is 0 Å². The molecule has 0 saturated heterocycles. The van der Waals surface area contributed by atoms with Gasteiger partial charge in [0.2, 0.25) is 0 Å². The second-order valence-corrected chi connectivity index (χ2v) is 5.72. The third-order valence-corrected chi connectivity index (χ3v) is 4.57. The molecule has 0 unspecified atom stereocenters. The van der Waals surface area contributed by atoms with Crippen molar-refractivity contribution in [1.82, 2.24) is 4.57 Å². The van der Waals surface area contributed by atoms with E-state index in [1.807, 2.05) is 6.07 Å². The fourth-order valence-electron chi connectivity index (χ4n) is 3.73. The number of primary amides is 1. The Balaban J connectivity index is 2.27. The van der Waals surface area contributed by atoms with Crippen molar-refractivity contribution in [3.8, 4) is 0 Å². The van der Waals surface area contributed by atoms with Crippen LogP contribution in [0.1, 0.15) is 61.0 Å². The Hall–Kier alpha value is -1.77. The lowest BCUT2D eigenvalue weighted by molar-refractivity contribution is 0.0990. The molecule has 1 saturated carbocycles. The monoisotopic (exact) mass is 270 g/mol. The van der Waals surface area contributed by atoms with Crippen molar-refractivity contribution in [2.75, 3.05) is 0 Å². The summed E-state index contributed by atoms with van der Waals surface area (Å²) in [6.45, 7) is 2.86. The zero-order valence-corrected chi connectivity index (χ0v) is 12.1. The van der Waals surface area contributed by atoms with Crippen LogP contribution in [0, 0.1) is 0 Å². The Labute approximate surface area is 119 Å². The average molecular weight is 270 g/mol. The Morgan fingerprint density at radius 2 is 1.95 bits per heavy atom. The summed E-state index contributed by atoms with van der Waals surface area (Å²) in [6, 6.07) is 8.32. The molecule has 1 fully saturated rings. The van der Waals surface area contributed by atoms with E-state index in [2.05, 4.69) is 29.7 Å². The molecule has 1 aromatic carbocycles. The fraction of sp³-hybridized carbons (Fsp3) is 0.471. The van der Waals surface area contributed by atoms with E-state index in [9.17, 15) is 4.79 Å². The van der Waals surface area contributed by atoms with Gasteiger partial charge in [-0.25, -0.2) is 0 Å². The van der Waals surface area contributed by atoms with E-state index < -0.39 is 0 Å². The van der Waals surface area contributed by atoms with E-state index in [0.717, 1.165) is 17.8 Å². The zero-order chi connectivity index (χ0) is 14.1. The summed E-state index contributed by atoms with van der Waals surface area (Å²) in [7, 11) is 0. The van der Waals surface area contributed by atoms with Gasteiger partial charge in [-0.3, -0.25) is 4.79 Å². The number of fused-ring (bicyclic) bond motifs is 1. The fourth-order valence-corrected chi connectivity index (χ4v) is 3.73. The molecule has 1 amide bonds. The van der Waals surface area contributed by atoms with Crippen molar-refractivity contribution in [3.63, 3.8) is 0 Å². The van der Waals surface area contributed by atoms with Crippen LogP contribution in [-0.2, 0) is 6.54 Å². The van der Waals surface area contributed by atoms with E-state index in [0.29, 0.717) is 5.92 Å². The molecule has 1 aromatic heterocycles. The molecule has 3 nitrogen and oxygen atoms in total. The van der Waals surface area contributed by atoms with Crippen molar-refractivity contribution in [2.24, 2.45) is 5.73 Å². The molecule has 3 rings (SSSR count). The molecule has 0 aliphatic heterocycles. The van der Waals surface area contributed by atoms with Crippen LogP contribution in [0.15, 0.2) is 24.3 Å². The number of hydrogen-bond donors (Lipinski definition) is 1. The number of aromatic nitrogens is 1. The van der Waals surface area contributed by atoms with Crippen LogP contribution in [0.5, 0.6) is 0 Å². The van der Waals surface area contributed by atoms with Crippen molar-refractivity contribution in [1.29, 1.82) is 0 Å². The number of aryl methyl sites for hydroxylation is 1. The molecule has 2 aromatic rings. The van der Waals surface area contributed by atoms with Crippen molar-refractivity contribution >= 4 is 16.8 Å². The number of carbonyl (C=O) groups excluding carboxylic acids is 1. The minimum absolute atomic E-state index is 0.288. The third-order valence-electron chi connectivity index (χ3n) is 4.57. The van der Waals surface area contributed by atoms with E-state index in [4.69, 9.17) is 5.73 Å². The molecule has 20 heavy (non-hydrogen) atoms. The molecule has 0 bridgehead atoms. The van der Waals surface area contributed by atoms with Crippen LogP contribution in [0.25, 0.3) is 10.9 Å². The maximum Gasteiger partial charge on any atom is 0.265 e. The van der Waals surface area contributed by atoms with E-state index in [1.165, 1.54) is 43.1 Å². The number of para-hydroxylation sites is 1. The standard InChI is InChI=1S/C17H22N2O/c1-2-19-14-11-7-6-10-13(14)15(16(19)17(18)20)12-8-4-3-5-9-12/h6-7,10-12H,2-5,8-9H2,1H3,(H2,18,20). The summed E-state index contributed by atoms with van der Waals surface area (Å²) >= 11 is 0. The van der Waals surface area contributed by atoms with Gasteiger partial charge in [0.1, 0.15) is 5.69 Å². The molecule has 3 heteroatoms. The van der Waals surface area contributed by atoms with Gasteiger partial charge in [-0.05, 0) is 37.3 Å². The lowest BCUT2D eigenvalue weighted by Crippen LogP contribution is -2.20. The van der Waals surface area contributed by atoms with E-state index in [-0.39, 0.29) is 5.91 Å². The molecule has 1 aliphatic rings. The molecule has 2 N–H and O–H groups in total. The smallest absolute Gasteiger partial charge is 0.265 e. The highest BCUT2D eigenvalue weighted by atomic mass is 16.1. The van der Waals surface area contributed by atoms with Crippen LogP contribution in [0.4, 0.5) is 0 Å². The minimum Gasteiger partial charge on any atom is -0.364 e. The van der Waals surface area contributed by atoms with Gasteiger partial charge in [0.15, 0.2) is 0 Å². The van der Waals surface area contributed by atoms with Crippen LogP contribution in [0.3, 0.4) is 0 Å². The highest BCUT2D eigenvalue weighted by Gasteiger charge is 2.27. The van der Waals surface area contributed by atoms with Gasteiger partial charge < -0.3 is 10.3 Å². The summed E-state index contributed by atoms with van der Waals surface area (Å²) in [6.07, 6.45) is 6.19. The zero-order valence-electron chi connectivity index (χ0n) is 12.1. The molecule has 0 atom stereocenters. The molecule has 0 radical (unpaired) electrons. The van der Waals surface area contributed by atoms with Crippen LogP contribution in [0.2, 0.25) is 0 Å². The highest BCUT2D eigenvalue weighted by Crippen LogP contribution is 2.39. The first-order valence-electron chi connectivity index (χ1n) is 7.65. The Morgan fingerprint density at radius 3 is 2.60 bits per heavy atom. The Kier molecular flexibility index (Phi) is 3.51. The largest absolute Gasteiger partial charge is 0.364 e. The van der Waals surface area contributed by atoms with Crippen molar-refractivity contribution < 1.29 is 4.79 Å². The van der Waals surface area contributed by atoms with Gasteiger partial charge >= 0.3 is 0 Å². The maximum atomic E-state index is 12.0. The quantitative estimate of drug-likeness (QED) is 0.905. The average Bonchev–Trinajstić information content (AvgIpc) is 2.82. The van der Waals surface area contributed by atoms with Crippen LogP contribution < -0.4 is 5.73 Å². The van der Waals surface area contributed by atoms with Gasteiger partial charge in [-0.2, -0.15) is 0 Å². The number of benzene rings is 1. The topological polar surface area (TPSA) is 48.0 Å². The number of hydrogen-bond acceptors (Lipinski definition) is 1. The van der Waals surface area contributed by atoms with Crippen molar-refractivity contribution in [2.45, 2.75) is 51.5 Å². The Morgan fingerprint density at radius 1 is 1.25 bits per heavy atom. The third kappa shape index (κ3) is 2.01. The number of rotatable bonds is 3. The first-order chi connectivity index (χ1) is 9.74. The normalized spacial score (nSPS) is 16.6. The van der Waals surface area contributed by atoms with Crippen LogP contribution >= 0.6 is 0 Å². The van der Waals surface area contributed by atoms with Gasteiger partial charge in [0, 0.05) is 17.4 Å². The molecule has 1 heterocycles. The summed E-state index contributed by atoms with van der Waals surface area (Å²) in [5.74, 6) is 0.201. The van der Waals surface area contributed by atoms with E-state index >= 15 is 0 Å². The second kappa shape index (κ2) is 5.31. The predicted molar refractivity (Wildman–Crippen MR) is 82.0 cm³/mol. The first-order valence-corrected chi connectivity index (χ1v) is 7.65. The number of nitrogens with two attached hydrogens (primary N) is 1. The minimum atomic E-state index is -0.288. The Bertz CT molecular complexity index is 636. The van der Waals surface area contributed by atoms with Gasteiger partial charge in [-0.1, -0.05) is 37.5 Å². The molecule has 1 aliphatic carbocycles. The highest BCUT2D eigenvalue weighted by molar-refractivity contribution is 6.01. The SMILES string of the molecule is CCn1c(C(N)=O)c(C2CCCCC2)c2ccccc21. The van der Waals surface area contributed by atoms with Crippen molar-refractivity contribution in [3.05, 3.63) is 35.5 Å². The van der Waals surface area contributed by atoms with Gasteiger partial charge in [0.05, 0.1) is 0 Å². The van der Waals surface area contributed by atoms with Crippen LogP contribution in [-0.4, -0.2) is 10.5 Å². The predicted octanol–water partition coefficient (Wildman–Crippen LogP) is 3.81. The first kappa shape index (κ1) is 13.2. The number of carbonyl (C=O) groups is 1. The lowest BCUT2D eigenvalue weighted by Gasteiger charge is -2.22. The lowest BCUT2D eigenvalue weighted by atomic mass is 9.82. The summed E-state index contributed by atoms with van der Waals surface area (Å²) in [5, 5.41) is 1.22. The number of amides is 1. The molecular formula is C17H22N2O. The van der Waals surface area contributed by atoms with Gasteiger partial charge in [0.25, 0.3) is 5.91 Å². The van der Waals surface area contributed by atoms with E-state index in [1.54, 1.807) is 0 Å². The molecule has 0 spiro atoms. The number of nitrogens with zero attached hydrogens (tertiary/aromatic N) is 1. The molecular weight excluding hydrogens is 248 g/mol.